The summed E-state index contributed by atoms with van der Waals surface area (Å²) in [5, 5.41) is 0.307. The van der Waals surface area contributed by atoms with Crippen molar-refractivity contribution in [3.05, 3.63) is 84.3 Å². The molecule has 0 unspecified atom stereocenters. The van der Waals surface area contributed by atoms with E-state index in [1.54, 1.807) is 6.08 Å². The van der Waals surface area contributed by atoms with Gasteiger partial charge in [-0.05, 0) is 88.8 Å². The monoisotopic (exact) mass is 420 g/mol. The zero-order chi connectivity index (χ0) is 16.9. The van der Waals surface area contributed by atoms with E-state index in [4.69, 9.17) is 11.0 Å². The van der Waals surface area contributed by atoms with Gasteiger partial charge >= 0.3 is 26.2 Å². The molecule has 0 spiro atoms. The first kappa shape index (κ1) is 29.6. The van der Waals surface area contributed by atoms with Gasteiger partial charge in [0.05, 0.1) is 0 Å². The van der Waals surface area contributed by atoms with Crippen molar-refractivity contribution in [3.63, 3.8) is 0 Å². The van der Waals surface area contributed by atoms with Crippen LogP contribution in [0.3, 0.4) is 0 Å². The maximum atomic E-state index is 5.86. The van der Waals surface area contributed by atoms with Crippen molar-refractivity contribution in [2.24, 2.45) is 0 Å². The molecular formula is C21H34OSiZr. The molecule has 10 radical (unpaired) electrons. The van der Waals surface area contributed by atoms with Crippen LogP contribution in [0.1, 0.15) is 27.2 Å². The van der Waals surface area contributed by atoms with Gasteiger partial charge in [0.2, 0.25) is 0 Å². The molecule has 0 bridgehead atoms. The molecule has 0 aromatic carbocycles. The number of hydrogen-bond donors (Lipinski definition) is 0. The predicted molar refractivity (Wildman–Crippen MR) is 106 cm³/mol. The van der Waals surface area contributed by atoms with Crippen LogP contribution in [0.2, 0.25) is 18.1 Å². The van der Waals surface area contributed by atoms with E-state index in [0.717, 1.165) is 13.0 Å². The first-order valence-corrected chi connectivity index (χ1v) is 10.7. The first-order valence-electron chi connectivity index (χ1n) is 7.82. The van der Waals surface area contributed by atoms with Gasteiger partial charge in [0, 0.05) is 6.61 Å². The van der Waals surface area contributed by atoms with Gasteiger partial charge in [-0.15, -0.1) is 0 Å². The van der Waals surface area contributed by atoms with Crippen molar-refractivity contribution >= 4 is 8.32 Å². The average Bonchev–Trinajstić information content (AvgIpc) is 3.16. The van der Waals surface area contributed by atoms with Crippen LogP contribution >= 0.6 is 0 Å². The SMILES string of the molecule is [CH-]=CCCO[Si](C)(C)C(C)(C)C.[CH3-].[CH]1[CH][CH][CH][CH]1.[CH]1[CH][CH][CH][CH]1.[Zr+2]. The average molecular weight is 422 g/mol. The summed E-state index contributed by atoms with van der Waals surface area (Å²) in [6, 6.07) is 0. The Balaban J connectivity index is -0.000000303. The van der Waals surface area contributed by atoms with Gasteiger partial charge in [0.25, 0.3) is 0 Å². The zero-order valence-electron chi connectivity index (χ0n) is 16.3. The Morgan fingerprint density at radius 1 is 0.833 bits per heavy atom. The van der Waals surface area contributed by atoms with Crippen molar-refractivity contribution in [1.29, 1.82) is 0 Å². The summed E-state index contributed by atoms with van der Waals surface area (Å²) in [7, 11) is -1.52. The fourth-order valence-electron chi connectivity index (χ4n) is 1.24. The molecule has 132 valence electrons. The second-order valence-electron chi connectivity index (χ2n) is 6.56. The molecule has 0 aliphatic heterocycles. The van der Waals surface area contributed by atoms with Crippen LogP contribution in [-0.4, -0.2) is 14.9 Å². The predicted octanol–water partition coefficient (Wildman–Crippen LogP) is 5.88. The van der Waals surface area contributed by atoms with Crippen molar-refractivity contribution in [3.8, 4) is 0 Å². The van der Waals surface area contributed by atoms with Crippen LogP contribution in [0.5, 0.6) is 0 Å². The van der Waals surface area contributed by atoms with Gasteiger partial charge in [-0.3, -0.25) is 6.08 Å². The Labute approximate surface area is 174 Å². The molecule has 2 saturated carbocycles. The molecule has 2 rings (SSSR count). The van der Waals surface area contributed by atoms with Crippen LogP contribution in [0.4, 0.5) is 0 Å². The molecule has 2 fully saturated rings. The van der Waals surface area contributed by atoms with Gasteiger partial charge in [-0.2, -0.15) is 0 Å². The molecule has 2 aliphatic rings. The van der Waals surface area contributed by atoms with E-state index >= 15 is 0 Å². The summed E-state index contributed by atoms with van der Waals surface area (Å²) >= 11 is 0. The van der Waals surface area contributed by atoms with E-state index in [0.29, 0.717) is 5.04 Å². The smallest absolute Gasteiger partial charge is 0.518 e. The van der Waals surface area contributed by atoms with Gasteiger partial charge in [-0.1, -0.05) is 20.8 Å². The largest absolute Gasteiger partial charge is 2.00 e. The molecule has 0 N–H and O–H groups in total. The molecule has 0 aromatic rings. The Hall–Kier alpha value is 0.800. The van der Waals surface area contributed by atoms with Gasteiger partial charge < -0.3 is 18.4 Å². The third-order valence-electron chi connectivity index (χ3n) is 3.66. The molecule has 1 nitrogen and oxygen atoms in total. The van der Waals surface area contributed by atoms with Crippen molar-refractivity contribution in [2.45, 2.75) is 45.3 Å². The van der Waals surface area contributed by atoms with Crippen LogP contribution in [0, 0.1) is 78.2 Å². The van der Waals surface area contributed by atoms with Crippen LogP contribution in [-0.2, 0) is 30.6 Å². The van der Waals surface area contributed by atoms with Crippen molar-refractivity contribution < 1.29 is 30.6 Å². The maximum Gasteiger partial charge on any atom is 2.00 e. The summed E-state index contributed by atoms with van der Waals surface area (Å²) < 4.78 is 5.86. The number of hydrogen-bond acceptors (Lipinski definition) is 1. The van der Waals surface area contributed by atoms with E-state index < -0.39 is 8.32 Å². The summed E-state index contributed by atoms with van der Waals surface area (Å²) in [4.78, 5) is 0. The summed E-state index contributed by atoms with van der Waals surface area (Å²) in [6.45, 7) is 17.3. The molecule has 0 heterocycles. The summed E-state index contributed by atoms with van der Waals surface area (Å²) in [5.41, 5.74) is 0. The minimum atomic E-state index is -1.52. The Morgan fingerprint density at radius 3 is 1.33 bits per heavy atom. The molecule has 0 saturated heterocycles. The third-order valence-corrected chi connectivity index (χ3v) is 8.20. The summed E-state index contributed by atoms with van der Waals surface area (Å²) in [5.74, 6) is 0. The maximum absolute atomic E-state index is 5.86. The normalized spacial score (nSPS) is 16.5. The Kier molecular flexibility index (Phi) is 21.2. The van der Waals surface area contributed by atoms with E-state index in [9.17, 15) is 0 Å². The Morgan fingerprint density at radius 2 is 1.12 bits per heavy atom. The van der Waals surface area contributed by atoms with E-state index in [-0.39, 0.29) is 33.6 Å². The standard InChI is InChI=1S/C10H21OSi.2C5H5.CH3.Zr/c1-7-8-9-11-12(5,6)10(2,3)4;2*1-2-4-5-3-1;;/h1,7H,8-9H2,2-6H3;2*1-5H;1H3;/q-1;;;-1;+2. The fourth-order valence-corrected chi connectivity index (χ4v) is 2.30. The van der Waals surface area contributed by atoms with Crippen LogP contribution in [0.15, 0.2) is 6.08 Å². The quantitative estimate of drug-likeness (QED) is 0.313. The van der Waals surface area contributed by atoms with Crippen LogP contribution < -0.4 is 0 Å². The molecule has 24 heavy (non-hydrogen) atoms. The second-order valence-corrected chi connectivity index (χ2v) is 11.4. The van der Waals surface area contributed by atoms with Gasteiger partial charge in [0.1, 0.15) is 0 Å². The topological polar surface area (TPSA) is 9.23 Å². The molecule has 3 heteroatoms. The molecule has 2 aliphatic carbocycles. The van der Waals surface area contributed by atoms with Crippen LogP contribution in [0.25, 0.3) is 0 Å². The second kappa shape index (κ2) is 17.2. The molecular weight excluding hydrogens is 388 g/mol. The van der Waals surface area contributed by atoms with Crippen molar-refractivity contribution in [2.75, 3.05) is 6.61 Å². The molecule has 0 amide bonds. The van der Waals surface area contributed by atoms with E-state index in [1.165, 1.54) is 0 Å². The van der Waals surface area contributed by atoms with Crippen molar-refractivity contribution in [1.82, 2.24) is 0 Å². The summed E-state index contributed by atoms with van der Waals surface area (Å²) in [6.07, 6.45) is 22.5. The minimum absolute atomic E-state index is 0. The fraction of sp³-hybridized carbons (Fsp3) is 0.381. The molecule has 0 atom stereocenters. The number of rotatable bonds is 4. The van der Waals surface area contributed by atoms with Gasteiger partial charge in [-0.25, -0.2) is 0 Å². The van der Waals surface area contributed by atoms with Gasteiger partial charge in [0.15, 0.2) is 8.32 Å². The first-order chi connectivity index (χ1) is 10.3. The van der Waals surface area contributed by atoms with E-state index in [2.05, 4.69) is 33.9 Å². The zero-order valence-corrected chi connectivity index (χ0v) is 19.7. The molecule has 0 aromatic heterocycles. The van der Waals surface area contributed by atoms with E-state index in [1.807, 2.05) is 64.2 Å². The Bertz CT molecular complexity index is 238. The third kappa shape index (κ3) is 16.3. The minimum Gasteiger partial charge on any atom is -0.518 e.